The van der Waals surface area contributed by atoms with Crippen molar-refractivity contribution >= 4 is 17.5 Å². The van der Waals surface area contributed by atoms with Crippen molar-refractivity contribution in [2.24, 2.45) is 5.92 Å². The number of halogens is 1. The molecule has 2 unspecified atom stereocenters. The van der Waals surface area contributed by atoms with Crippen LogP contribution < -0.4 is 5.32 Å². The fourth-order valence-electron chi connectivity index (χ4n) is 3.32. The highest BCUT2D eigenvalue weighted by Crippen LogP contribution is 2.33. The fourth-order valence-corrected chi connectivity index (χ4v) is 3.65. The average molecular weight is 308 g/mol. The van der Waals surface area contributed by atoms with Gasteiger partial charge in [-0.1, -0.05) is 63.4 Å². The number of amides is 1. The number of carbonyl (C=O) groups is 1. The van der Waals surface area contributed by atoms with Gasteiger partial charge >= 0.3 is 0 Å². The maximum absolute atomic E-state index is 12.9. The second-order valence-corrected chi connectivity index (χ2v) is 6.65. The van der Waals surface area contributed by atoms with Crippen molar-refractivity contribution in [3.05, 3.63) is 35.9 Å². The summed E-state index contributed by atoms with van der Waals surface area (Å²) in [4.78, 5) is 12.9. The van der Waals surface area contributed by atoms with Gasteiger partial charge < -0.3 is 5.32 Å². The van der Waals surface area contributed by atoms with E-state index in [4.69, 9.17) is 11.6 Å². The molecule has 0 aromatic heterocycles. The summed E-state index contributed by atoms with van der Waals surface area (Å²) in [6.45, 7) is 4.29. The Hall–Kier alpha value is -1.02. The summed E-state index contributed by atoms with van der Waals surface area (Å²) < 4.78 is 0. The van der Waals surface area contributed by atoms with Crippen LogP contribution in [0.1, 0.15) is 57.4 Å². The van der Waals surface area contributed by atoms with Crippen LogP contribution in [0.25, 0.3) is 0 Å². The van der Waals surface area contributed by atoms with Gasteiger partial charge in [0.15, 0.2) is 0 Å². The number of carbonyl (C=O) groups excluding carboxylic acids is 1. The Balaban J connectivity index is 2.19. The smallest absolute Gasteiger partial charge is 0.228 e. The normalized spacial score (nSPS) is 20.0. The van der Waals surface area contributed by atoms with Crippen molar-refractivity contribution < 1.29 is 4.79 Å². The summed E-state index contributed by atoms with van der Waals surface area (Å²) in [6, 6.07) is 10.1. The molecule has 0 heterocycles. The fraction of sp³-hybridized carbons (Fsp3) is 0.611. The first kappa shape index (κ1) is 16.4. The SMILES string of the molecule is CCC(C)C(C(=O)NC1(CCl)CCCC1)c1ccccc1. The zero-order valence-corrected chi connectivity index (χ0v) is 13.8. The topological polar surface area (TPSA) is 29.1 Å². The van der Waals surface area contributed by atoms with Crippen molar-refractivity contribution in [1.82, 2.24) is 5.32 Å². The summed E-state index contributed by atoms with van der Waals surface area (Å²) in [6.07, 6.45) is 5.31. The predicted octanol–water partition coefficient (Wildman–Crippen LogP) is 4.48. The molecule has 1 amide bonds. The van der Waals surface area contributed by atoms with Crippen LogP contribution in [-0.4, -0.2) is 17.3 Å². The molecule has 1 fully saturated rings. The quantitative estimate of drug-likeness (QED) is 0.771. The summed E-state index contributed by atoms with van der Waals surface area (Å²) >= 11 is 6.16. The third-order valence-corrected chi connectivity index (χ3v) is 5.37. The summed E-state index contributed by atoms with van der Waals surface area (Å²) in [5.74, 6) is 0.886. The highest BCUT2D eigenvalue weighted by molar-refractivity contribution is 6.18. The second-order valence-electron chi connectivity index (χ2n) is 6.38. The lowest BCUT2D eigenvalue weighted by molar-refractivity contribution is -0.125. The minimum absolute atomic E-state index is 0.0862. The van der Waals surface area contributed by atoms with Crippen LogP contribution in [0.4, 0.5) is 0 Å². The molecular weight excluding hydrogens is 282 g/mol. The second kappa shape index (κ2) is 7.31. The van der Waals surface area contributed by atoms with Crippen LogP contribution >= 0.6 is 11.6 Å². The van der Waals surface area contributed by atoms with E-state index in [0.29, 0.717) is 11.8 Å². The number of nitrogens with one attached hydrogen (secondary N) is 1. The zero-order valence-electron chi connectivity index (χ0n) is 13.1. The maximum Gasteiger partial charge on any atom is 0.228 e. The van der Waals surface area contributed by atoms with Gasteiger partial charge in [-0.25, -0.2) is 0 Å². The molecule has 0 saturated heterocycles. The van der Waals surface area contributed by atoms with Crippen LogP contribution in [0.3, 0.4) is 0 Å². The molecule has 0 bridgehead atoms. The van der Waals surface area contributed by atoms with Gasteiger partial charge in [-0.3, -0.25) is 4.79 Å². The van der Waals surface area contributed by atoms with Gasteiger partial charge in [-0.2, -0.15) is 0 Å². The molecule has 3 heteroatoms. The van der Waals surface area contributed by atoms with E-state index in [1.807, 2.05) is 18.2 Å². The molecule has 1 aliphatic carbocycles. The Kier molecular flexibility index (Phi) is 5.69. The summed E-state index contributed by atoms with van der Waals surface area (Å²) in [7, 11) is 0. The Labute approximate surface area is 133 Å². The van der Waals surface area contributed by atoms with E-state index in [-0.39, 0.29) is 17.4 Å². The number of alkyl halides is 1. The third kappa shape index (κ3) is 3.79. The first-order chi connectivity index (χ1) is 10.1. The Bertz CT molecular complexity index is 454. The molecule has 0 radical (unpaired) electrons. The lowest BCUT2D eigenvalue weighted by Gasteiger charge is -2.32. The molecule has 2 atom stereocenters. The van der Waals surface area contributed by atoms with Crippen molar-refractivity contribution in [1.29, 1.82) is 0 Å². The summed E-state index contributed by atoms with van der Waals surface area (Å²) in [5, 5.41) is 3.28. The molecule has 2 rings (SSSR count). The molecule has 116 valence electrons. The Morgan fingerprint density at radius 1 is 1.29 bits per heavy atom. The van der Waals surface area contributed by atoms with Crippen molar-refractivity contribution in [2.75, 3.05) is 5.88 Å². The molecule has 1 N–H and O–H groups in total. The zero-order chi connectivity index (χ0) is 15.3. The largest absolute Gasteiger partial charge is 0.349 e. The minimum atomic E-state index is -0.181. The number of hydrogen-bond donors (Lipinski definition) is 1. The lowest BCUT2D eigenvalue weighted by Crippen LogP contribution is -2.50. The molecule has 1 aromatic rings. The maximum atomic E-state index is 12.9. The Morgan fingerprint density at radius 3 is 2.43 bits per heavy atom. The molecule has 2 nitrogen and oxygen atoms in total. The average Bonchev–Trinajstić information content (AvgIpc) is 2.97. The van der Waals surface area contributed by atoms with Gasteiger partial charge in [0, 0.05) is 5.88 Å². The molecular formula is C18H26ClNO. The third-order valence-electron chi connectivity index (χ3n) is 4.86. The van der Waals surface area contributed by atoms with E-state index in [0.717, 1.165) is 37.7 Å². The molecule has 21 heavy (non-hydrogen) atoms. The van der Waals surface area contributed by atoms with Gasteiger partial charge in [-0.05, 0) is 24.3 Å². The monoisotopic (exact) mass is 307 g/mol. The Morgan fingerprint density at radius 2 is 1.90 bits per heavy atom. The molecule has 1 saturated carbocycles. The number of benzene rings is 1. The standard InChI is InChI=1S/C18H26ClNO/c1-3-14(2)16(15-9-5-4-6-10-15)17(21)20-18(13-19)11-7-8-12-18/h4-6,9-10,14,16H,3,7-8,11-13H2,1-2H3,(H,20,21). The van der Waals surface area contributed by atoms with E-state index in [1.165, 1.54) is 0 Å². The van der Waals surface area contributed by atoms with Gasteiger partial charge in [-0.15, -0.1) is 11.6 Å². The van der Waals surface area contributed by atoms with Gasteiger partial charge in [0.2, 0.25) is 5.91 Å². The first-order valence-electron chi connectivity index (χ1n) is 8.05. The number of hydrogen-bond acceptors (Lipinski definition) is 1. The molecule has 1 aliphatic rings. The van der Waals surface area contributed by atoms with Crippen LogP contribution in [0.2, 0.25) is 0 Å². The van der Waals surface area contributed by atoms with E-state index in [1.54, 1.807) is 0 Å². The van der Waals surface area contributed by atoms with E-state index >= 15 is 0 Å². The minimum Gasteiger partial charge on any atom is -0.349 e. The van der Waals surface area contributed by atoms with E-state index in [2.05, 4.69) is 31.3 Å². The molecule has 0 spiro atoms. The van der Waals surface area contributed by atoms with Crippen LogP contribution in [0.15, 0.2) is 30.3 Å². The number of rotatable bonds is 6. The van der Waals surface area contributed by atoms with Crippen molar-refractivity contribution in [3.8, 4) is 0 Å². The van der Waals surface area contributed by atoms with Crippen molar-refractivity contribution in [2.45, 2.75) is 57.4 Å². The highest BCUT2D eigenvalue weighted by atomic mass is 35.5. The molecule has 1 aromatic carbocycles. The van der Waals surface area contributed by atoms with Gasteiger partial charge in [0.05, 0.1) is 11.5 Å². The van der Waals surface area contributed by atoms with E-state index < -0.39 is 0 Å². The summed E-state index contributed by atoms with van der Waals surface area (Å²) in [5.41, 5.74) is 0.922. The molecule has 0 aliphatic heterocycles. The van der Waals surface area contributed by atoms with Crippen molar-refractivity contribution in [3.63, 3.8) is 0 Å². The van der Waals surface area contributed by atoms with Gasteiger partial charge in [0.1, 0.15) is 0 Å². The lowest BCUT2D eigenvalue weighted by atomic mass is 9.84. The first-order valence-corrected chi connectivity index (χ1v) is 8.58. The highest BCUT2D eigenvalue weighted by Gasteiger charge is 2.37. The van der Waals surface area contributed by atoms with Crippen LogP contribution in [-0.2, 0) is 4.79 Å². The van der Waals surface area contributed by atoms with E-state index in [9.17, 15) is 4.79 Å². The van der Waals surface area contributed by atoms with Crippen LogP contribution in [0, 0.1) is 5.92 Å². The predicted molar refractivity (Wildman–Crippen MR) is 88.7 cm³/mol. The van der Waals surface area contributed by atoms with Crippen LogP contribution in [0.5, 0.6) is 0 Å². The van der Waals surface area contributed by atoms with Gasteiger partial charge in [0.25, 0.3) is 0 Å².